The van der Waals surface area contributed by atoms with E-state index in [1.807, 2.05) is 6.20 Å². The number of aromatic amines is 1. The van der Waals surface area contributed by atoms with Crippen molar-refractivity contribution in [3.63, 3.8) is 0 Å². The predicted octanol–water partition coefficient (Wildman–Crippen LogP) is 1.92. The van der Waals surface area contributed by atoms with Gasteiger partial charge in [-0.05, 0) is 19.4 Å². The lowest BCUT2D eigenvalue weighted by molar-refractivity contribution is -0.0589. The number of nitrogens with one attached hydrogen (secondary N) is 1. The highest BCUT2D eigenvalue weighted by molar-refractivity contribution is 5.63. The standard InChI is InChI=1S/C15H19N3O/c1-10-3-4-12(11(2)5-10)13-6-17-14(18-13)15(7-16)8-19-9-15/h3-6H,7-9,16H2,1-2H3,(H,17,18). The average molecular weight is 257 g/mol. The van der Waals surface area contributed by atoms with Crippen LogP contribution in [-0.4, -0.2) is 29.7 Å². The third kappa shape index (κ3) is 1.97. The molecule has 19 heavy (non-hydrogen) atoms. The topological polar surface area (TPSA) is 63.9 Å². The molecule has 3 N–H and O–H groups in total. The van der Waals surface area contributed by atoms with Crippen LogP contribution in [-0.2, 0) is 10.2 Å². The molecule has 0 saturated carbocycles. The molecular weight excluding hydrogens is 238 g/mol. The lowest BCUT2D eigenvalue weighted by Crippen LogP contribution is -2.52. The molecule has 1 aromatic heterocycles. The van der Waals surface area contributed by atoms with Gasteiger partial charge in [0.1, 0.15) is 5.82 Å². The lowest BCUT2D eigenvalue weighted by atomic mass is 9.85. The second-order valence-corrected chi connectivity index (χ2v) is 5.44. The number of imidazole rings is 1. The van der Waals surface area contributed by atoms with Crippen molar-refractivity contribution in [2.24, 2.45) is 5.73 Å². The second kappa shape index (κ2) is 4.47. The van der Waals surface area contributed by atoms with E-state index >= 15 is 0 Å². The molecule has 1 saturated heterocycles. The first-order chi connectivity index (χ1) is 9.14. The van der Waals surface area contributed by atoms with Crippen molar-refractivity contribution in [3.8, 4) is 11.3 Å². The normalized spacial score (nSPS) is 17.2. The number of nitrogens with zero attached hydrogens (tertiary/aromatic N) is 1. The van der Waals surface area contributed by atoms with Crippen LogP contribution in [0.3, 0.4) is 0 Å². The number of aromatic nitrogens is 2. The predicted molar refractivity (Wildman–Crippen MR) is 75.0 cm³/mol. The molecule has 0 spiro atoms. The summed E-state index contributed by atoms with van der Waals surface area (Å²) in [5.74, 6) is 0.941. The van der Waals surface area contributed by atoms with E-state index in [4.69, 9.17) is 10.5 Å². The van der Waals surface area contributed by atoms with Crippen molar-refractivity contribution in [1.29, 1.82) is 0 Å². The number of hydrogen-bond donors (Lipinski definition) is 2. The Kier molecular flexibility index (Phi) is 2.92. The fourth-order valence-electron chi connectivity index (χ4n) is 2.54. The van der Waals surface area contributed by atoms with E-state index in [2.05, 4.69) is 42.0 Å². The number of nitrogens with two attached hydrogens (primary N) is 1. The molecule has 3 rings (SSSR count). The van der Waals surface area contributed by atoms with Gasteiger partial charge in [-0.25, -0.2) is 4.98 Å². The van der Waals surface area contributed by atoms with Crippen molar-refractivity contribution in [1.82, 2.24) is 9.97 Å². The zero-order chi connectivity index (χ0) is 13.5. The first-order valence-electron chi connectivity index (χ1n) is 6.55. The van der Waals surface area contributed by atoms with Crippen LogP contribution in [0.4, 0.5) is 0 Å². The minimum atomic E-state index is -0.114. The van der Waals surface area contributed by atoms with Crippen molar-refractivity contribution < 1.29 is 4.74 Å². The molecule has 4 nitrogen and oxygen atoms in total. The van der Waals surface area contributed by atoms with Gasteiger partial charge in [0.25, 0.3) is 0 Å². The molecule has 100 valence electrons. The molecule has 0 atom stereocenters. The summed E-state index contributed by atoms with van der Waals surface area (Å²) in [5, 5.41) is 0. The Balaban J connectivity index is 1.97. The molecule has 1 aromatic carbocycles. The molecule has 4 heteroatoms. The molecule has 0 amide bonds. The van der Waals surface area contributed by atoms with Gasteiger partial charge in [0.2, 0.25) is 0 Å². The van der Waals surface area contributed by atoms with Crippen LogP contribution in [0, 0.1) is 13.8 Å². The van der Waals surface area contributed by atoms with Gasteiger partial charge in [-0.15, -0.1) is 0 Å². The van der Waals surface area contributed by atoms with E-state index in [1.165, 1.54) is 16.7 Å². The Morgan fingerprint density at radius 2 is 2.16 bits per heavy atom. The highest BCUT2D eigenvalue weighted by atomic mass is 16.5. The van der Waals surface area contributed by atoms with E-state index in [0.717, 1.165) is 11.5 Å². The molecule has 0 radical (unpaired) electrons. The lowest BCUT2D eigenvalue weighted by Gasteiger charge is -2.38. The first kappa shape index (κ1) is 12.4. The second-order valence-electron chi connectivity index (χ2n) is 5.44. The van der Waals surface area contributed by atoms with E-state index < -0.39 is 0 Å². The van der Waals surface area contributed by atoms with Crippen molar-refractivity contribution in [2.75, 3.05) is 19.8 Å². The van der Waals surface area contributed by atoms with Gasteiger partial charge in [-0.3, -0.25) is 0 Å². The summed E-state index contributed by atoms with van der Waals surface area (Å²) >= 11 is 0. The summed E-state index contributed by atoms with van der Waals surface area (Å²) in [6.45, 7) is 6.10. The monoisotopic (exact) mass is 257 g/mol. The summed E-state index contributed by atoms with van der Waals surface area (Å²) < 4.78 is 5.30. The molecule has 2 heterocycles. The summed E-state index contributed by atoms with van der Waals surface area (Å²) in [5.41, 5.74) is 10.5. The van der Waals surface area contributed by atoms with Gasteiger partial charge in [0.05, 0.1) is 30.5 Å². The molecule has 0 unspecified atom stereocenters. The molecule has 0 bridgehead atoms. The van der Waals surface area contributed by atoms with E-state index in [1.54, 1.807) is 0 Å². The Morgan fingerprint density at radius 3 is 2.74 bits per heavy atom. The summed E-state index contributed by atoms with van der Waals surface area (Å²) in [4.78, 5) is 7.92. The highest BCUT2D eigenvalue weighted by Crippen LogP contribution is 2.31. The quantitative estimate of drug-likeness (QED) is 0.883. The van der Waals surface area contributed by atoms with Crippen LogP contribution in [0.5, 0.6) is 0 Å². The molecule has 2 aromatic rings. The molecule has 1 aliphatic heterocycles. The minimum absolute atomic E-state index is 0.114. The van der Waals surface area contributed by atoms with E-state index in [0.29, 0.717) is 19.8 Å². The van der Waals surface area contributed by atoms with Crippen molar-refractivity contribution >= 4 is 0 Å². The van der Waals surface area contributed by atoms with Crippen LogP contribution >= 0.6 is 0 Å². The van der Waals surface area contributed by atoms with Crippen LogP contribution in [0.1, 0.15) is 17.0 Å². The van der Waals surface area contributed by atoms with Crippen molar-refractivity contribution in [3.05, 3.63) is 41.3 Å². The number of rotatable bonds is 3. The number of H-pyrrole nitrogens is 1. The number of aryl methyl sites for hydroxylation is 2. The maximum Gasteiger partial charge on any atom is 0.118 e. The first-order valence-corrected chi connectivity index (χ1v) is 6.55. The van der Waals surface area contributed by atoms with Crippen LogP contribution in [0.2, 0.25) is 0 Å². The third-order valence-corrected chi connectivity index (χ3v) is 3.90. The molecule has 1 fully saturated rings. The number of hydrogen-bond acceptors (Lipinski definition) is 3. The Hall–Kier alpha value is -1.65. The van der Waals surface area contributed by atoms with E-state index in [9.17, 15) is 0 Å². The fourth-order valence-corrected chi connectivity index (χ4v) is 2.54. The van der Waals surface area contributed by atoms with Crippen LogP contribution < -0.4 is 5.73 Å². The van der Waals surface area contributed by atoms with E-state index in [-0.39, 0.29) is 5.41 Å². The largest absolute Gasteiger partial charge is 0.379 e. The van der Waals surface area contributed by atoms with Gasteiger partial charge in [0, 0.05) is 12.1 Å². The zero-order valence-corrected chi connectivity index (χ0v) is 11.4. The highest BCUT2D eigenvalue weighted by Gasteiger charge is 2.41. The third-order valence-electron chi connectivity index (χ3n) is 3.90. The van der Waals surface area contributed by atoms with Crippen LogP contribution in [0.15, 0.2) is 24.4 Å². The SMILES string of the molecule is Cc1ccc(-c2cnc(C3(CN)COC3)[nH]2)c(C)c1. The summed E-state index contributed by atoms with van der Waals surface area (Å²) in [6, 6.07) is 6.43. The van der Waals surface area contributed by atoms with Gasteiger partial charge in [-0.1, -0.05) is 23.8 Å². The Labute approximate surface area is 113 Å². The summed E-state index contributed by atoms with van der Waals surface area (Å²) in [7, 11) is 0. The molecule has 1 aliphatic rings. The number of benzene rings is 1. The van der Waals surface area contributed by atoms with Gasteiger partial charge >= 0.3 is 0 Å². The maximum atomic E-state index is 5.86. The minimum Gasteiger partial charge on any atom is -0.379 e. The average Bonchev–Trinajstić information content (AvgIpc) is 2.78. The fraction of sp³-hybridized carbons (Fsp3) is 0.400. The molecule has 0 aliphatic carbocycles. The van der Waals surface area contributed by atoms with Gasteiger partial charge < -0.3 is 15.5 Å². The molecular formula is C15H19N3O. The smallest absolute Gasteiger partial charge is 0.118 e. The van der Waals surface area contributed by atoms with Crippen molar-refractivity contribution in [2.45, 2.75) is 19.3 Å². The Bertz CT molecular complexity index is 594. The summed E-state index contributed by atoms with van der Waals surface area (Å²) in [6.07, 6.45) is 1.89. The Morgan fingerprint density at radius 1 is 1.37 bits per heavy atom. The zero-order valence-electron chi connectivity index (χ0n) is 11.4. The number of ether oxygens (including phenoxy) is 1. The maximum absolute atomic E-state index is 5.86. The van der Waals surface area contributed by atoms with Gasteiger partial charge in [-0.2, -0.15) is 0 Å². The van der Waals surface area contributed by atoms with Gasteiger partial charge in [0.15, 0.2) is 0 Å². The van der Waals surface area contributed by atoms with Crippen LogP contribution in [0.25, 0.3) is 11.3 Å².